The number of aromatic carboxylic acids is 2. The number of nitro benzene ring substituents is 1. The third-order valence-corrected chi connectivity index (χ3v) is 1.65. The summed E-state index contributed by atoms with van der Waals surface area (Å²) in [7, 11) is 0. The van der Waals surface area contributed by atoms with E-state index in [1.54, 1.807) is 0 Å². The van der Waals surface area contributed by atoms with Crippen molar-refractivity contribution < 1.29 is 41.8 Å². The van der Waals surface area contributed by atoms with Crippen molar-refractivity contribution in [3.63, 3.8) is 0 Å². The Bertz CT molecular complexity index is 458. The number of carbonyl (C=O) groups is 2. The van der Waals surface area contributed by atoms with Gasteiger partial charge in [-0.05, 0) is 6.07 Å². The van der Waals surface area contributed by atoms with Crippen LogP contribution in [0.1, 0.15) is 20.7 Å². The minimum absolute atomic E-state index is 0. The van der Waals surface area contributed by atoms with Crippen molar-refractivity contribution in [1.82, 2.24) is 0 Å². The SMILES string of the molecule is O=C([O-])c1ccc([N+](=O)[O-])cc1C(=O)[O-].[Mn+2]. The van der Waals surface area contributed by atoms with Crippen LogP contribution in [0.3, 0.4) is 0 Å². The molecule has 1 rings (SSSR count). The van der Waals surface area contributed by atoms with Gasteiger partial charge in [0.15, 0.2) is 0 Å². The van der Waals surface area contributed by atoms with E-state index in [9.17, 15) is 29.9 Å². The molecule has 0 aliphatic rings. The molecule has 1 radical (unpaired) electrons. The molecule has 0 unspecified atom stereocenters. The van der Waals surface area contributed by atoms with Crippen LogP contribution in [0.2, 0.25) is 0 Å². The van der Waals surface area contributed by atoms with E-state index in [1.807, 2.05) is 0 Å². The zero-order chi connectivity index (χ0) is 11.6. The fraction of sp³-hybridized carbons (Fsp3) is 0. The van der Waals surface area contributed by atoms with E-state index in [1.165, 1.54) is 0 Å². The number of carbonyl (C=O) groups excluding carboxylic acids is 2. The number of non-ortho nitro benzene ring substituents is 1. The molecule has 83 valence electrons. The first-order chi connectivity index (χ1) is 6.93. The quantitative estimate of drug-likeness (QED) is 0.365. The second kappa shape index (κ2) is 5.24. The van der Waals surface area contributed by atoms with Gasteiger partial charge in [-0.25, -0.2) is 0 Å². The summed E-state index contributed by atoms with van der Waals surface area (Å²) in [5, 5.41) is 31.2. The molecule has 0 saturated heterocycles. The van der Waals surface area contributed by atoms with Crippen molar-refractivity contribution in [2.24, 2.45) is 0 Å². The Balaban J connectivity index is 0.00000225. The van der Waals surface area contributed by atoms with Crippen LogP contribution >= 0.6 is 0 Å². The predicted octanol–water partition coefficient (Wildman–Crippen LogP) is -1.68. The van der Waals surface area contributed by atoms with E-state index in [-0.39, 0.29) is 17.1 Å². The maximum atomic E-state index is 10.5. The predicted molar refractivity (Wildman–Crippen MR) is 41.8 cm³/mol. The molecule has 0 amide bonds. The largest absolute Gasteiger partial charge is 2.00 e. The normalized spacial score (nSPS) is 9.00. The summed E-state index contributed by atoms with van der Waals surface area (Å²) in [5.74, 6) is -3.54. The molecule has 0 bridgehead atoms. The Labute approximate surface area is 99.3 Å². The van der Waals surface area contributed by atoms with Gasteiger partial charge in [-0.1, -0.05) is 0 Å². The summed E-state index contributed by atoms with van der Waals surface area (Å²) in [5.41, 5.74) is -1.95. The topological polar surface area (TPSA) is 123 Å². The van der Waals surface area contributed by atoms with Gasteiger partial charge in [-0.3, -0.25) is 10.1 Å². The van der Waals surface area contributed by atoms with Crippen LogP contribution in [-0.4, -0.2) is 16.9 Å². The van der Waals surface area contributed by atoms with Crippen molar-refractivity contribution in [2.45, 2.75) is 0 Å². The van der Waals surface area contributed by atoms with E-state index >= 15 is 0 Å². The molecule has 0 heterocycles. The average molecular weight is 264 g/mol. The molecular formula is C8H3MnNO6. The number of carboxylic acid groups (broad SMARTS) is 2. The van der Waals surface area contributed by atoms with Gasteiger partial charge in [0.05, 0.1) is 16.9 Å². The van der Waals surface area contributed by atoms with Gasteiger partial charge < -0.3 is 19.8 Å². The first kappa shape index (κ1) is 14.1. The van der Waals surface area contributed by atoms with E-state index in [4.69, 9.17) is 0 Å². The molecule has 0 aromatic heterocycles. The first-order valence-electron chi connectivity index (χ1n) is 3.64. The zero-order valence-corrected chi connectivity index (χ0v) is 8.69. The molecular weight excluding hydrogens is 261 g/mol. The molecule has 8 heteroatoms. The Morgan fingerprint density at radius 3 is 1.94 bits per heavy atom. The molecule has 0 aliphatic heterocycles. The number of hydrogen-bond donors (Lipinski definition) is 0. The number of hydrogen-bond acceptors (Lipinski definition) is 6. The summed E-state index contributed by atoms with van der Waals surface area (Å²) >= 11 is 0. The second-order valence-electron chi connectivity index (χ2n) is 2.56. The minimum Gasteiger partial charge on any atom is -0.545 e. The Morgan fingerprint density at radius 1 is 1.06 bits per heavy atom. The number of nitrogens with zero attached hydrogens (tertiary/aromatic N) is 1. The molecule has 1 aromatic carbocycles. The van der Waals surface area contributed by atoms with Gasteiger partial charge in [0.1, 0.15) is 0 Å². The fourth-order valence-corrected chi connectivity index (χ4v) is 0.993. The second-order valence-corrected chi connectivity index (χ2v) is 2.56. The summed E-state index contributed by atoms with van der Waals surface area (Å²) < 4.78 is 0. The maximum absolute atomic E-state index is 10.5. The Kier molecular flexibility index (Phi) is 4.61. The van der Waals surface area contributed by atoms with Crippen molar-refractivity contribution >= 4 is 17.6 Å². The van der Waals surface area contributed by atoms with Crippen LogP contribution in [0.5, 0.6) is 0 Å². The van der Waals surface area contributed by atoms with Crippen molar-refractivity contribution in [3.8, 4) is 0 Å². The molecule has 1 aromatic rings. The third kappa shape index (κ3) is 2.78. The first-order valence-corrected chi connectivity index (χ1v) is 3.64. The van der Waals surface area contributed by atoms with Gasteiger partial charge in [-0.2, -0.15) is 0 Å². The van der Waals surface area contributed by atoms with Crippen molar-refractivity contribution in [2.75, 3.05) is 0 Å². The number of rotatable bonds is 3. The van der Waals surface area contributed by atoms with Gasteiger partial charge in [0.2, 0.25) is 0 Å². The van der Waals surface area contributed by atoms with E-state index < -0.39 is 33.7 Å². The fourth-order valence-electron chi connectivity index (χ4n) is 0.993. The maximum Gasteiger partial charge on any atom is 2.00 e. The monoisotopic (exact) mass is 264 g/mol. The van der Waals surface area contributed by atoms with Crippen LogP contribution in [0.25, 0.3) is 0 Å². The molecule has 16 heavy (non-hydrogen) atoms. The van der Waals surface area contributed by atoms with Gasteiger partial charge in [-0.15, -0.1) is 0 Å². The van der Waals surface area contributed by atoms with E-state index in [0.29, 0.717) is 6.07 Å². The van der Waals surface area contributed by atoms with Crippen LogP contribution in [-0.2, 0) is 17.1 Å². The molecule has 0 atom stereocenters. The summed E-state index contributed by atoms with van der Waals surface area (Å²) in [6, 6.07) is 2.27. The molecule has 0 saturated carbocycles. The van der Waals surface area contributed by atoms with Crippen LogP contribution in [0, 0.1) is 10.1 Å². The number of carboxylic acids is 2. The van der Waals surface area contributed by atoms with Gasteiger partial charge >= 0.3 is 17.1 Å². The smallest absolute Gasteiger partial charge is 0.545 e. The summed E-state index contributed by atoms with van der Waals surface area (Å²) in [4.78, 5) is 30.4. The molecule has 0 aliphatic carbocycles. The summed E-state index contributed by atoms with van der Waals surface area (Å²) in [6.45, 7) is 0. The zero-order valence-electron chi connectivity index (χ0n) is 7.51. The van der Waals surface area contributed by atoms with Crippen LogP contribution in [0.4, 0.5) is 5.69 Å². The van der Waals surface area contributed by atoms with Gasteiger partial charge in [0.25, 0.3) is 5.69 Å². The van der Waals surface area contributed by atoms with Crippen LogP contribution < -0.4 is 10.2 Å². The molecule has 0 spiro atoms. The van der Waals surface area contributed by atoms with Crippen LogP contribution in [0.15, 0.2) is 18.2 Å². The van der Waals surface area contributed by atoms with Crippen molar-refractivity contribution in [1.29, 1.82) is 0 Å². The Morgan fingerprint density at radius 2 is 1.56 bits per heavy atom. The molecule has 0 fully saturated rings. The standard InChI is InChI=1S/C8H5NO6.Mn/c10-7(11)5-2-1-4(9(14)15)3-6(5)8(12)13;/h1-3H,(H,10,11)(H,12,13);/q;+2/p-2. The molecule has 0 N–H and O–H groups in total. The number of benzene rings is 1. The molecule has 7 nitrogen and oxygen atoms in total. The minimum atomic E-state index is -1.81. The summed E-state index contributed by atoms with van der Waals surface area (Å²) in [6.07, 6.45) is 0. The third-order valence-electron chi connectivity index (χ3n) is 1.65. The number of nitro groups is 1. The van der Waals surface area contributed by atoms with Crippen molar-refractivity contribution in [3.05, 3.63) is 39.4 Å². The Hall–Kier alpha value is -1.92. The average Bonchev–Trinajstić information content (AvgIpc) is 2.16. The van der Waals surface area contributed by atoms with E-state index in [0.717, 1.165) is 12.1 Å². The van der Waals surface area contributed by atoms with Gasteiger partial charge in [0, 0.05) is 23.3 Å². The van der Waals surface area contributed by atoms with E-state index in [2.05, 4.69) is 0 Å².